The topological polar surface area (TPSA) is 49.2 Å². The molecule has 4 nitrogen and oxygen atoms in total. The van der Waals surface area contributed by atoms with Crippen molar-refractivity contribution < 1.29 is 5.11 Å². The standard InChI is InChI=1S/C9H12ClN3O/c1-6-4-8(12-9(10)11-6)13-3-2-7(14)5-13/h4,7,14H,2-3,5H2,1H3. The summed E-state index contributed by atoms with van der Waals surface area (Å²) in [6, 6.07) is 1.88. The normalized spacial score (nSPS) is 21.6. The summed E-state index contributed by atoms with van der Waals surface area (Å²) >= 11 is 5.75. The van der Waals surface area contributed by atoms with Crippen LogP contribution in [-0.4, -0.2) is 34.3 Å². The number of hydrogen-bond donors (Lipinski definition) is 1. The Bertz CT molecular complexity index is 325. The van der Waals surface area contributed by atoms with Gasteiger partial charge in [0, 0.05) is 24.8 Å². The number of β-amino-alcohol motifs (C(OH)–C–C–N with tert-alkyl or cyclic N) is 1. The summed E-state index contributed by atoms with van der Waals surface area (Å²) < 4.78 is 0. The van der Waals surface area contributed by atoms with E-state index < -0.39 is 0 Å². The predicted molar refractivity (Wildman–Crippen MR) is 54.6 cm³/mol. The van der Waals surface area contributed by atoms with Crippen molar-refractivity contribution in [1.29, 1.82) is 0 Å². The van der Waals surface area contributed by atoms with Crippen molar-refractivity contribution in [2.24, 2.45) is 0 Å². The van der Waals surface area contributed by atoms with Crippen molar-refractivity contribution in [1.82, 2.24) is 9.97 Å². The fourth-order valence-electron chi connectivity index (χ4n) is 1.63. The molecule has 1 N–H and O–H groups in total. The molecule has 1 aromatic heterocycles. The second kappa shape index (κ2) is 3.71. The van der Waals surface area contributed by atoms with E-state index in [1.165, 1.54) is 0 Å². The Morgan fingerprint density at radius 1 is 1.57 bits per heavy atom. The summed E-state index contributed by atoms with van der Waals surface area (Å²) in [5.41, 5.74) is 0.849. The molecule has 1 aromatic rings. The molecular weight excluding hydrogens is 202 g/mol. The van der Waals surface area contributed by atoms with Crippen LogP contribution >= 0.6 is 11.6 Å². The molecule has 14 heavy (non-hydrogen) atoms. The maximum atomic E-state index is 9.38. The number of aliphatic hydroxyl groups is 1. The molecule has 1 saturated heterocycles. The Kier molecular flexibility index (Phi) is 2.56. The van der Waals surface area contributed by atoms with Gasteiger partial charge in [0.1, 0.15) is 5.82 Å². The van der Waals surface area contributed by atoms with Gasteiger partial charge in [-0.1, -0.05) is 0 Å². The van der Waals surface area contributed by atoms with Gasteiger partial charge in [-0.2, -0.15) is 0 Å². The molecule has 1 aliphatic rings. The molecule has 1 fully saturated rings. The minimum atomic E-state index is -0.246. The van der Waals surface area contributed by atoms with Crippen LogP contribution < -0.4 is 4.90 Å². The summed E-state index contributed by atoms with van der Waals surface area (Å²) in [5, 5.41) is 9.65. The van der Waals surface area contributed by atoms with Crippen molar-refractivity contribution in [3.8, 4) is 0 Å². The lowest BCUT2D eigenvalue weighted by atomic mass is 10.3. The van der Waals surface area contributed by atoms with Gasteiger partial charge in [-0.25, -0.2) is 9.97 Å². The van der Waals surface area contributed by atoms with Crippen LogP contribution in [0.15, 0.2) is 6.07 Å². The van der Waals surface area contributed by atoms with Crippen molar-refractivity contribution in [2.45, 2.75) is 19.4 Å². The van der Waals surface area contributed by atoms with E-state index in [1.807, 2.05) is 17.9 Å². The van der Waals surface area contributed by atoms with Crippen LogP contribution in [0.5, 0.6) is 0 Å². The van der Waals surface area contributed by atoms with Crippen LogP contribution in [0.1, 0.15) is 12.1 Å². The number of aryl methyl sites for hydroxylation is 1. The van der Waals surface area contributed by atoms with Gasteiger partial charge in [-0.15, -0.1) is 0 Å². The number of anilines is 1. The second-order valence-electron chi connectivity index (χ2n) is 3.53. The monoisotopic (exact) mass is 213 g/mol. The quantitative estimate of drug-likeness (QED) is 0.708. The third-order valence-electron chi connectivity index (χ3n) is 2.30. The van der Waals surface area contributed by atoms with Crippen LogP contribution in [0.3, 0.4) is 0 Å². The van der Waals surface area contributed by atoms with Gasteiger partial charge in [-0.3, -0.25) is 0 Å². The molecular formula is C9H12ClN3O. The molecule has 1 unspecified atom stereocenters. The molecule has 0 aromatic carbocycles. The van der Waals surface area contributed by atoms with Crippen molar-refractivity contribution in [3.63, 3.8) is 0 Å². The Hall–Kier alpha value is -0.870. The third-order valence-corrected chi connectivity index (χ3v) is 2.47. The summed E-state index contributed by atoms with van der Waals surface area (Å²) in [6.45, 7) is 3.34. The molecule has 0 spiro atoms. The maximum absolute atomic E-state index is 9.38. The Morgan fingerprint density at radius 3 is 2.93 bits per heavy atom. The van der Waals surface area contributed by atoms with Crippen LogP contribution in [0.25, 0.3) is 0 Å². The molecule has 76 valence electrons. The van der Waals surface area contributed by atoms with Gasteiger partial charge in [-0.05, 0) is 24.9 Å². The first-order valence-electron chi connectivity index (χ1n) is 4.59. The maximum Gasteiger partial charge on any atom is 0.224 e. The molecule has 5 heteroatoms. The molecule has 0 aliphatic carbocycles. The van der Waals surface area contributed by atoms with Crippen molar-refractivity contribution >= 4 is 17.4 Å². The van der Waals surface area contributed by atoms with Gasteiger partial charge >= 0.3 is 0 Å². The fourth-order valence-corrected chi connectivity index (χ4v) is 1.85. The Labute approximate surface area is 87.5 Å². The average Bonchev–Trinajstić information content (AvgIpc) is 2.50. The summed E-state index contributed by atoms with van der Waals surface area (Å²) in [7, 11) is 0. The number of halogens is 1. The van der Waals surface area contributed by atoms with Crippen molar-refractivity contribution in [3.05, 3.63) is 17.0 Å². The molecule has 0 amide bonds. The number of hydrogen-bond acceptors (Lipinski definition) is 4. The summed E-state index contributed by atoms with van der Waals surface area (Å²) in [4.78, 5) is 10.1. The van der Waals surface area contributed by atoms with E-state index in [2.05, 4.69) is 9.97 Å². The Morgan fingerprint density at radius 2 is 2.36 bits per heavy atom. The van der Waals surface area contributed by atoms with Crippen LogP contribution in [0.2, 0.25) is 5.28 Å². The van der Waals surface area contributed by atoms with Gasteiger partial charge in [0.05, 0.1) is 6.10 Å². The molecule has 2 heterocycles. The molecule has 2 rings (SSSR count). The minimum absolute atomic E-state index is 0.246. The summed E-state index contributed by atoms with van der Waals surface area (Å²) in [5.74, 6) is 0.805. The zero-order valence-electron chi connectivity index (χ0n) is 7.94. The zero-order chi connectivity index (χ0) is 10.1. The zero-order valence-corrected chi connectivity index (χ0v) is 8.70. The number of aromatic nitrogens is 2. The highest BCUT2D eigenvalue weighted by atomic mass is 35.5. The lowest BCUT2D eigenvalue weighted by Crippen LogP contribution is -2.22. The number of nitrogens with zero attached hydrogens (tertiary/aromatic N) is 3. The van der Waals surface area contributed by atoms with Gasteiger partial charge in [0.2, 0.25) is 5.28 Å². The first-order chi connectivity index (χ1) is 6.65. The van der Waals surface area contributed by atoms with E-state index in [4.69, 9.17) is 11.6 Å². The molecule has 0 bridgehead atoms. The van der Waals surface area contributed by atoms with Crippen LogP contribution in [-0.2, 0) is 0 Å². The van der Waals surface area contributed by atoms with Gasteiger partial charge in [0.25, 0.3) is 0 Å². The van der Waals surface area contributed by atoms with E-state index in [1.54, 1.807) is 0 Å². The molecule has 0 saturated carbocycles. The number of aliphatic hydroxyl groups excluding tert-OH is 1. The predicted octanol–water partition coefficient (Wildman–Crippen LogP) is 1.01. The highest BCUT2D eigenvalue weighted by Gasteiger charge is 2.21. The molecule has 1 atom stereocenters. The third kappa shape index (κ3) is 1.96. The molecule has 1 aliphatic heterocycles. The SMILES string of the molecule is Cc1cc(N2CCC(O)C2)nc(Cl)n1. The Balaban J connectivity index is 2.23. The lowest BCUT2D eigenvalue weighted by molar-refractivity contribution is 0.198. The highest BCUT2D eigenvalue weighted by molar-refractivity contribution is 6.28. The van der Waals surface area contributed by atoms with Crippen LogP contribution in [0, 0.1) is 6.92 Å². The summed E-state index contributed by atoms with van der Waals surface area (Å²) in [6.07, 6.45) is 0.546. The van der Waals surface area contributed by atoms with Gasteiger partial charge < -0.3 is 10.0 Å². The lowest BCUT2D eigenvalue weighted by Gasteiger charge is -2.16. The van der Waals surface area contributed by atoms with E-state index in [-0.39, 0.29) is 11.4 Å². The van der Waals surface area contributed by atoms with E-state index in [0.29, 0.717) is 6.54 Å². The van der Waals surface area contributed by atoms with E-state index in [9.17, 15) is 5.11 Å². The molecule has 0 radical (unpaired) electrons. The van der Waals surface area contributed by atoms with Crippen LogP contribution in [0.4, 0.5) is 5.82 Å². The fraction of sp³-hybridized carbons (Fsp3) is 0.556. The second-order valence-corrected chi connectivity index (χ2v) is 3.86. The van der Waals surface area contributed by atoms with Gasteiger partial charge in [0.15, 0.2) is 0 Å². The first-order valence-corrected chi connectivity index (χ1v) is 4.97. The van der Waals surface area contributed by atoms with E-state index in [0.717, 1.165) is 24.5 Å². The van der Waals surface area contributed by atoms with E-state index >= 15 is 0 Å². The first kappa shape index (κ1) is 9.68. The minimum Gasteiger partial charge on any atom is -0.391 e. The smallest absolute Gasteiger partial charge is 0.224 e. The highest BCUT2D eigenvalue weighted by Crippen LogP contribution is 2.19. The average molecular weight is 214 g/mol. The largest absolute Gasteiger partial charge is 0.391 e. The van der Waals surface area contributed by atoms with Crippen molar-refractivity contribution in [2.75, 3.05) is 18.0 Å². The number of rotatable bonds is 1.